The molecular weight excluding hydrogens is 166 g/mol. The smallest absolute Gasteiger partial charge is 0.111 e. The van der Waals surface area contributed by atoms with E-state index in [2.05, 4.69) is 4.98 Å². The number of anilines is 1. The molecule has 4 heteroatoms. The third-order valence-electron chi connectivity index (χ3n) is 2.02. The lowest BCUT2D eigenvalue weighted by atomic mass is 10.3. The molecule has 0 atom stereocenters. The third-order valence-corrected chi connectivity index (χ3v) is 2.02. The molecule has 0 unspecified atom stereocenters. The maximum atomic E-state index is 8.79. The summed E-state index contributed by atoms with van der Waals surface area (Å²) in [6, 6.07) is 5.64. The maximum absolute atomic E-state index is 8.79. The topological polar surface area (TPSA) is 64.1 Å². The minimum absolute atomic E-state index is 0.111. The molecule has 2 rings (SSSR count). The lowest BCUT2D eigenvalue weighted by Crippen LogP contribution is -1.99. The summed E-state index contributed by atoms with van der Waals surface area (Å²) in [6.45, 7) is 0.667. The van der Waals surface area contributed by atoms with Crippen molar-refractivity contribution in [1.82, 2.24) is 9.55 Å². The second-order valence-corrected chi connectivity index (χ2v) is 2.88. The van der Waals surface area contributed by atoms with Crippen molar-refractivity contribution >= 4 is 16.7 Å². The highest BCUT2D eigenvalue weighted by Gasteiger charge is 2.03. The van der Waals surface area contributed by atoms with Crippen molar-refractivity contribution < 1.29 is 5.11 Å². The van der Waals surface area contributed by atoms with E-state index in [0.717, 1.165) is 11.0 Å². The first kappa shape index (κ1) is 8.07. The van der Waals surface area contributed by atoms with Crippen LogP contribution in [0, 0.1) is 0 Å². The molecule has 0 bridgehead atoms. The fourth-order valence-corrected chi connectivity index (χ4v) is 1.40. The Hall–Kier alpha value is -1.55. The third kappa shape index (κ3) is 1.25. The number of hydrogen-bond donors (Lipinski definition) is 2. The van der Waals surface area contributed by atoms with Crippen LogP contribution in [0.5, 0.6) is 0 Å². The second-order valence-electron chi connectivity index (χ2n) is 2.88. The molecule has 2 aromatic rings. The molecule has 13 heavy (non-hydrogen) atoms. The fraction of sp³-hybridized carbons (Fsp3) is 0.222. The van der Waals surface area contributed by atoms with Gasteiger partial charge < -0.3 is 15.4 Å². The van der Waals surface area contributed by atoms with Gasteiger partial charge >= 0.3 is 0 Å². The van der Waals surface area contributed by atoms with Crippen molar-refractivity contribution in [2.45, 2.75) is 6.54 Å². The number of rotatable bonds is 2. The molecule has 0 aliphatic rings. The number of aliphatic hydroxyl groups excluding tert-OH is 1. The zero-order valence-electron chi connectivity index (χ0n) is 7.14. The standard InChI is InChI=1S/C9H11N3O/c10-7-2-1-3-8-9(7)11-6-12(8)4-5-13/h1-3,6,13H,4-5,10H2. The van der Waals surface area contributed by atoms with E-state index in [1.165, 1.54) is 0 Å². The van der Waals surface area contributed by atoms with Gasteiger partial charge in [0, 0.05) is 6.54 Å². The average Bonchev–Trinajstić information content (AvgIpc) is 2.51. The van der Waals surface area contributed by atoms with Gasteiger partial charge in [0.1, 0.15) is 5.52 Å². The second kappa shape index (κ2) is 3.06. The Labute approximate surface area is 75.6 Å². The summed E-state index contributed by atoms with van der Waals surface area (Å²) in [5.41, 5.74) is 8.17. The molecule has 0 radical (unpaired) electrons. The van der Waals surface area contributed by atoms with Crippen LogP contribution >= 0.6 is 0 Å². The number of para-hydroxylation sites is 1. The number of fused-ring (bicyclic) bond motifs is 1. The van der Waals surface area contributed by atoms with Gasteiger partial charge in [0.2, 0.25) is 0 Å². The van der Waals surface area contributed by atoms with Gasteiger partial charge in [-0.3, -0.25) is 0 Å². The number of aromatic nitrogens is 2. The highest BCUT2D eigenvalue weighted by molar-refractivity contribution is 5.86. The van der Waals surface area contributed by atoms with E-state index in [-0.39, 0.29) is 6.61 Å². The summed E-state index contributed by atoms with van der Waals surface area (Å²) >= 11 is 0. The van der Waals surface area contributed by atoms with Crippen LogP contribution in [0.25, 0.3) is 11.0 Å². The summed E-state index contributed by atoms with van der Waals surface area (Å²) in [6.07, 6.45) is 1.69. The molecule has 0 amide bonds. The van der Waals surface area contributed by atoms with Crippen LogP contribution in [0.3, 0.4) is 0 Å². The Bertz CT molecular complexity index is 422. The molecule has 0 fully saturated rings. The van der Waals surface area contributed by atoms with E-state index in [9.17, 15) is 0 Å². The fourth-order valence-electron chi connectivity index (χ4n) is 1.40. The van der Waals surface area contributed by atoms with Gasteiger partial charge in [-0.15, -0.1) is 0 Å². The zero-order valence-corrected chi connectivity index (χ0v) is 7.14. The lowest BCUT2D eigenvalue weighted by Gasteiger charge is -2.00. The van der Waals surface area contributed by atoms with Crippen molar-refractivity contribution in [3.05, 3.63) is 24.5 Å². The van der Waals surface area contributed by atoms with Crippen LogP contribution in [0.4, 0.5) is 5.69 Å². The van der Waals surface area contributed by atoms with E-state index >= 15 is 0 Å². The van der Waals surface area contributed by atoms with E-state index < -0.39 is 0 Å². The van der Waals surface area contributed by atoms with Crippen LogP contribution < -0.4 is 5.73 Å². The predicted octanol–water partition coefficient (Wildman–Crippen LogP) is 0.611. The molecular formula is C9H11N3O. The van der Waals surface area contributed by atoms with Crippen LogP contribution in [-0.2, 0) is 6.54 Å². The van der Waals surface area contributed by atoms with Crippen molar-refractivity contribution in [3.8, 4) is 0 Å². The van der Waals surface area contributed by atoms with Gasteiger partial charge in [-0.05, 0) is 12.1 Å². The summed E-state index contributed by atoms with van der Waals surface area (Å²) in [5.74, 6) is 0. The zero-order chi connectivity index (χ0) is 9.26. The normalized spacial score (nSPS) is 10.8. The highest BCUT2D eigenvalue weighted by Crippen LogP contribution is 2.18. The molecule has 0 saturated heterocycles. The lowest BCUT2D eigenvalue weighted by molar-refractivity contribution is 0.278. The first-order valence-corrected chi connectivity index (χ1v) is 4.13. The average molecular weight is 177 g/mol. The molecule has 4 nitrogen and oxygen atoms in total. The maximum Gasteiger partial charge on any atom is 0.111 e. The summed E-state index contributed by atoms with van der Waals surface area (Å²) in [7, 11) is 0. The SMILES string of the molecule is Nc1cccc2c1ncn2CCO. The van der Waals surface area contributed by atoms with Gasteiger partial charge in [-0.1, -0.05) is 6.07 Å². The first-order chi connectivity index (χ1) is 6.33. The molecule has 0 aliphatic carbocycles. The van der Waals surface area contributed by atoms with Crippen LogP contribution in [0.15, 0.2) is 24.5 Å². The number of nitrogens with two attached hydrogens (primary N) is 1. The van der Waals surface area contributed by atoms with Gasteiger partial charge in [0.25, 0.3) is 0 Å². The van der Waals surface area contributed by atoms with Crippen molar-refractivity contribution in [3.63, 3.8) is 0 Å². The number of aliphatic hydroxyl groups is 1. The predicted molar refractivity (Wildman–Crippen MR) is 51.2 cm³/mol. The number of nitrogen functional groups attached to an aromatic ring is 1. The Morgan fingerprint density at radius 1 is 1.46 bits per heavy atom. The van der Waals surface area contributed by atoms with Gasteiger partial charge in [0.05, 0.1) is 24.1 Å². The van der Waals surface area contributed by atoms with E-state index in [0.29, 0.717) is 12.2 Å². The molecule has 0 spiro atoms. The van der Waals surface area contributed by atoms with E-state index in [1.807, 2.05) is 22.8 Å². The molecule has 1 aromatic carbocycles. The molecule has 1 heterocycles. The molecule has 3 N–H and O–H groups in total. The molecule has 1 aromatic heterocycles. The summed E-state index contributed by atoms with van der Waals surface area (Å²) in [4.78, 5) is 4.16. The number of imidazole rings is 1. The molecule has 0 saturated carbocycles. The van der Waals surface area contributed by atoms with Crippen molar-refractivity contribution in [2.75, 3.05) is 12.3 Å². The largest absolute Gasteiger partial charge is 0.397 e. The van der Waals surface area contributed by atoms with Gasteiger partial charge in [-0.25, -0.2) is 4.98 Å². The Morgan fingerprint density at radius 2 is 2.31 bits per heavy atom. The number of nitrogens with zero attached hydrogens (tertiary/aromatic N) is 2. The Kier molecular flexibility index (Phi) is 1.90. The Morgan fingerprint density at radius 3 is 3.08 bits per heavy atom. The van der Waals surface area contributed by atoms with Crippen LogP contribution in [0.2, 0.25) is 0 Å². The van der Waals surface area contributed by atoms with Crippen LogP contribution in [-0.4, -0.2) is 21.3 Å². The summed E-state index contributed by atoms with van der Waals surface area (Å²) in [5, 5.41) is 8.79. The quantitative estimate of drug-likeness (QED) is 0.660. The van der Waals surface area contributed by atoms with Crippen LogP contribution in [0.1, 0.15) is 0 Å². The van der Waals surface area contributed by atoms with Crippen molar-refractivity contribution in [2.24, 2.45) is 0 Å². The van der Waals surface area contributed by atoms with Gasteiger partial charge in [-0.2, -0.15) is 0 Å². The Balaban J connectivity index is 2.61. The highest BCUT2D eigenvalue weighted by atomic mass is 16.3. The van der Waals surface area contributed by atoms with E-state index in [4.69, 9.17) is 10.8 Å². The number of benzene rings is 1. The molecule has 0 aliphatic heterocycles. The monoisotopic (exact) mass is 177 g/mol. The van der Waals surface area contributed by atoms with E-state index in [1.54, 1.807) is 6.33 Å². The first-order valence-electron chi connectivity index (χ1n) is 4.13. The minimum Gasteiger partial charge on any atom is -0.397 e. The number of hydrogen-bond acceptors (Lipinski definition) is 3. The van der Waals surface area contributed by atoms with Gasteiger partial charge in [0.15, 0.2) is 0 Å². The van der Waals surface area contributed by atoms with Crippen molar-refractivity contribution in [1.29, 1.82) is 0 Å². The minimum atomic E-state index is 0.111. The molecule has 68 valence electrons. The summed E-state index contributed by atoms with van der Waals surface area (Å²) < 4.78 is 1.88.